The van der Waals surface area contributed by atoms with E-state index in [1.165, 1.54) is 0 Å². The van der Waals surface area contributed by atoms with Crippen LogP contribution in [0.2, 0.25) is 0 Å². The molecule has 1 aliphatic heterocycles. The predicted octanol–water partition coefficient (Wildman–Crippen LogP) is 3.10. The van der Waals surface area contributed by atoms with Crippen molar-refractivity contribution in [3.8, 4) is 28.4 Å². The number of Topliss-reactive ketones (excluding diaryl/α,β-unsaturated/α-hetero) is 1. The summed E-state index contributed by atoms with van der Waals surface area (Å²) >= 11 is 0. The average Bonchev–Trinajstić information content (AvgIpc) is 2.65. The Hall–Kier alpha value is -2.53. The molecule has 5 heteroatoms. The highest BCUT2D eigenvalue weighted by atomic mass is 16.5. The molecule has 2 aliphatic rings. The topological polar surface area (TPSA) is 48.0 Å². The second kappa shape index (κ2) is 5.77. The van der Waals surface area contributed by atoms with Crippen LogP contribution in [-0.2, 0) is 6.42 Å². The zero-order valence-corrected chi connectivity index (χ0v) is 14.9. The average molecular weight is 339 g/mol. The highest BCUT2D eigenvalue weighted by Crippen LogP contribution is 2.52. The SMILES string of the molecule is COc1ccc2c(c1)-c1c(OC)c(OC)cc3c1C(C2=O)N(C)CC3. The van der Waals surface area contributed by atoms with Gasteiger partial charge >= 0.3 is 0 Å². The largest absolute Gasteiger partial charge is 0.497 e. The first-order valence-electron chi connectivity index (χ1n) is 8.31. The Morgan fingerprint density at radius 2 is 1.84 bits per heavy atom. The van der Waals surface area contributed by atoms with E-state index >= 15 is 0 Å². The minimum Gasteiger partial charge on any atom is -0.497 e. The molecular weight excluding hydrogens is 318 g/mol. The van der Waals surface area contributed by atoms with Crippen molar-refractivity contribution in [1.29, 1.82) is 0 Å². The van der Waals surface area contributed by atoms with E-state index in [-0.39, 0.29) is 11.8 Å². The molecule has 0 saturated heterocycles. The van der Waals surface area contributed by atoms with Crippen molar-refractivity contribution in [2.24, 2.45) is 0 Å². The van der Waals surface area contributed by atoms with Crippen molar-refractivity contribution in [3.63, 3.8) is 0 Å². The van der Waals surface area contributed by atoms with Gasteiger partial charge in [0.05, 0.1) is 27.4 Å². The van der Waals surface area contributed by atoms with Gasteiger partial charge in [-0.15, -0.1) is 0 Å². The Morgan fingerprint density at radius 3 is 2.52 bits per heavy atom. The first kappa shape index (κ1) is 16.0. The van der Waals surface area contributed by atoms with Gasteiger partial charge in [-0.3, -0.25) is 9.69 Å². The molecule has 0 aromatic heterocycles. The van der Waals surface area contributed by atoms with Crippen molar-refractivity contribution >= 4 is 5.78 Å². The predicted molar refractivity (Wildman–Crippen MR) is 94.9 cm³/mol. The van der Waals surface area contributed by atoms with E-state index in [0.717, 1.165) is 35.2 Å². The maximum atomic E-state index is 13.2. The minimum absolute atomic E-state index is 0.126. The molecule has 1 heterocycles. The zero-order chi connectivity index (χ0) is 17.7. The molecule has 5 nitrogen and oxygen atoms in total. The Morgan fingerprint density at radius 1 is 1.04 bits per heavy atom. The number of likely N-dealkylation sites (N-methyl/N-ethyl adjacent to an activating group) is 1. The molecule has 0 fully saturated rings. The number of fused-ring (bicyclic) bond motifs is 2. The number of hydrogen-bond donors (Lipinski definition) is 0. The molecule has 25 heavy (non-hydrogen) atoms. The Labute approximate surface area is 147 Å². The van der Waals surface area contributed by atoms with Crippen molar-refractivity contribution in [2.45, 2.75) is 12.5 Å². The molecular formula is C20H21NO4. The third kappa shape index (κ3) is 2.15. The molecule has 1 atom stereocenters. The fourth-order valence-electron chi connectivity index (χ4n) is 4.05. The standard InChI is InChI=1S/C20H21NO4/c1-21-8-7-11-9-15(24-3)20(25-4)17-14-10-12(23-2)5-6-13(14)19(22)18(21)16(11)17/h5-6,9-10,18H,7-8H2,1-4H3. The Bertz CT molecular complexity index is 874. The van der Waals surface area contributed by atoms with Gasteiger partial charge in [0, 0.05) is 23.2 Å². The van der Waals surface area contributed by atoms with Crippen LogP contribution in [0.5, 0.6) is 17.2 Å². The third-order valence-electron chi connectivity index (χ3n) is 5.25. The van der Waals surface area contributed by atoms with Crippen LogP contribution in [0, 0.1) is 0 Å². The lowest BCUT2D eigenvalue weighted by molar-refractivity contribution is 0.0835. The first-order valence-corrected chi connectivity index (χ1v) is 8.31. The molecule has 130 valence electrons. The molecule has 0 radical (unpaired) electrons. The molecule has 1 aliphatic carbocycles. The van der Waals surface area contributed by atoms with Gasteiger partial charge in [-0.1, -0.05) is 0 Å². The normalized spacial score (nSPS) is 18.4. The molecule has 1 unspecified atom stereocenters. The van der Waals surface area contributed by atoms with Crippen LogP contribution in [0.15, 0.2) is 24.3 Å². The number of rotatable bonds is 3. The third-order valence-corrected chi connectivity index (χ3v) is 5.25. The summed E-state index contributed by atoms with van der Waals surface area (Å²) in [6.45, 7) is 0.837. The maximum Gasteiger partial charge on any atom is 0.185 e. The molecule has 0 amide bonds. The highest BCUT2D eigenvalue weighted by Gasteiger charge is 2.41. The van der Waals surface area contributed by atoms with Gasteiger partial charge in [-0.25, -0.2) is 0 Å². The van der Waals surface area contributed by atoms with Crippen molar-refractivity contribution in [2.75, 3.05) is 34.9 Å². The van der Waals surface area contributed by atoms with Crippen LogP contribution in [0.4, 0.5) is 0 Å². The Balaban J connectivity index is 2.12. The minimum atomic E-state index is -0.278. The number of methoxy groups -OCH3 is 3. The Kier molecular flexibility index (Phi) is 3.69. The van der Waals surface area contributed by atoms with E-state index in [4.69, 9.17) is 14.2 Å². The van der Waals surface area contributed by atoms with E-state index in [2.05, 4.69) is 4.90 Å². The number of benzene rings is 2. The lowest BCUT2D eigenvalue weighted by Crippen LogP contribution is -2.39. The van der Waals surface area contributed by atoms with Crippen LogP contribution in [0.1, 0.15) is 27.5 Å². The number of ketones is 1. The van der Waals surface area contributed by atoms with E-state index in [0.29, 0.717) is 22.8 Å². The number of hydrogen-bond acceptors (Lipinski definition) is 5. The zero-order valence-electron chi connectivity index (χ0n) is 14.9. The monoisotopic (exact) mass is 339 g/mol. The van der Waals surface area contributed by atoms with Gasteiger partial charge in [0.1, 0.15) is 5.75 Å². The second-order valence-electron chi connectivity index (χ2n) is 6.47. The molecule has 0 N–H and O–H groups in total. The summed E-state index contributed by atoms with van der Waals surface area (Å²) in [5.74, 6) is 2.21. The van der Waals surface area contributed by atoms with Crippen LogP contribution < -0.4 is 14.2 Å². The van der Waals surface area contributed by atoms with E-state index in [1.807, 2.05) is 31.3 Å². The van der Waals surface area contributed by atoms with Gasteiger partial charge < -0.3 is 14.2 Å². The lowest BCUT2D eigenvalue weighted by Gasteiger charge is -2.39. The second-order valence-corrected chi connectivity index (χ2v) is 6.47. The van der Waals surface area contributed by atoms with Crippen LogP contribution in [0.3, 0.4) is 0 Å². The fraction of sp³-hybridized carbons (Fsp3) is 0.350. The first-order chi connectivity index (χ1) is 12.1. The van der Waals surface area contributed by atoms with Gasteiger partial charge in [-0.05, 0) is 48.9 Å². The van der Waals surface area contributed by atoms with Gasteiger partial charge in [-0.2, -0.15) is 0 Å². The highest BCUT2D eigenvalue weighted by molar-refractivity contribution is 6.11. The quantitative estimate of drug-likeness (QED) is 0.860. The van der Waals surface area contributed by atoms with Gasteiger partial charge in [0.25, 0.3) is 0 Å². The fourth-order valence-corrected chi connectivity index (χ4v) is 4.05. The number of nitrogens with zero attached hydrogens (tertiary/aromatic N) is 1. The molecule has 2 aromatic carbocycles. The van der Waals surface area contributed by atoms with Crippen LogP contribution >= 0.6 is 0 Å². The van der Waals surface area contributed by atoms with Crippen molar-refractivity contribution < 1.29 is 19.0 Å². The number of carbonyl (C=O) groups excluding carboxylic acids is 1. The molecule has 2 aromatic rings. The van der Waals surface area contributed by atoms with E-state index in [9.17, 15) is 4.79 Å². The summed E-state index contributed by atoms with van der Waals surface area (Å²) in [6, 6.07) is 7.32. The molecule has 0 saturated carbocycles. The van der Waals surface area contributed by atoms with Gasteiger partial charge in [0.15, 0.2) is 17.3 Å². The lowest BCUT2D eigenvalue weighted by atomic mass is 9.76. The summed E-state index contributed by atoms with van der Waals surface area (Å²) in [6.07, 6.45) is 0.877. The van der Waals surface area contributed by atoms with Crippen LogP contribution in [-0.4, -0.2) is 45.6 Å². The molecule has 0 bridgehead atoms. The summed E-state index contributed by atoms with van der Waals surface area (Å²) in [5, 5.41) is 0. The van der Waals surface area contributed by atoms with Gasteiger partial charge in [0.2, 0.25) is 0 Å². The van der Waals surface area contributed by atoms with E-state index in [1.54, 1.807) is 21.3 Å². The summed E-state index contributed by atoms with van der Waals surface area (Å²) in [5.41, 5.74) is 4.68. The van der Waals surface area contributed by atoms with E-state index < -0.39 is 0 Å². The molecule has 0 spiro atoms. The number of carbonyl (C=O) groups is 1. The summed E-state index contributed by atoms with van der Waals surface area (Å²) < 4.78 is 16.7. The molecule has 4 rings (SSSR count). The van der Waals surface area contributed by atoms with Crippen molar-refractivity contribution in [3.05, 3.63) is 41.0 Å². The maximum absolute atomic E-state index is 13.2. The van der Waals surface area contributed by atoms with Crippen molar-refractivity contribution in [1.82, 2.24) is 4.90 Å². The summed E-state index contributed by atoms with van der Waals surface area (Å²) in [7, 11) is 6.91. The smallest absolute Gasteiger partial charge is 0.185 e. The number of ether oxygens (including phenoxy) is 3. The summed E-state index contributed by atoms with van der Waals surface area (Å²) in [4.78, 5) is 15.3. The van der Waals surface area contributed by atoms with Crippen LogP contribution in [0.25, 0.3) is 11.1 Å².